The molecule has 1 N–H and O–H groups in total. The van der Waals surface area contributed by atoms with E-state index in [1.165, 1.54) is 0 Å². The highest BCUT2D eigenvalue weighted by Crippen LogP contribution is 2.42. The van der Waals surface area contributed by atoms with Gasteiger partial charge in [-0.25, -0.2) is 0 Å². The fraction of sp³-hybridized carbons (Fsp3) is 0.476. The van der Waals surface area contributed by atoms with E-state index >= 15 is 0 Å². The number of nitrogens with zero attached hydrogens (tertiary/aromatic N) is 1. The molecule has 0 saturated carbocycles. The zero-order valence-corrected chi connectivity index (χ0v) is 16.3. The molecule has 1 aromatic rings. The molecule has 26 heavy (non-hydrogen) atoms. The number of ketones is 1. The lowest BCUT2D eigenvalue weighted by Crippen LogP contribution is -2.56. The predicted octanol–water partition coefficient (Wildman–Crippen LogP) is 3.05. The van der Waals surface area contributed by atoms with Crippen molar-refractivity contribution in [2.75, 3.05) is 13.6 Å². The second-order valence-electron chi connectivity index (χ2n) is 7.29. The lowest BCUT2D eigenvalue weighted by molar-refractivity contribution is -0.145. The second kappa shape index (κ2) is 8.06. The molecule has 2 rings (SSSR count). The Morgan fingerprint density at radius 3 is 2.27 bits per heavy atom. The summed E-state index contributed by atoms with van der Waals surface area (Å²) >= 11 is 0. The SMILES string of the molecule is C=C(CN(C)Cc1ccccc1)C1(O)C(=O)C(OC(C)C)=C1OC(C)C. The molecular formula is C21H29NO4. The standard InChI is InChI=1S/C21H29NO4/c1-14(2)25-18-19(23)21(24,20(18)26-15(3)4)16(5)12-22(6)13-17-10-8-7-9-11-17/h7-11,14-15,24H,5,12-13H2,1-4,6H3. The predicted molar refractivity (Wildman–Crippen MR) is 101 cm³/mol. The fourth-order valence-corrected chi connectivity index (χ4v) is 2.90. The smallest absolute Gasteiger partial charge is 0.244 e. The van der Waals surface area contributed by atoms with E-state index < -0.39 is 11.4 Å². The van der Waals surface area contributed by atoms with Gasteiger partial charge >= 0.3 is 0 Å². The van der Waals surface area contributed by atoms with Crippen molar-refractivity contribution in [3.05, 3.63) is 59.6 Å². The van der Waals surface area contributed by atoms with Crippen LogP contribution in [0.25, 0.3) is 0 Å². The number of aliphatic hydroxyl groups is 1. The summed E-state index contributed by atoms with van der Waals surface area (Å²) in [6.45, 7) is 12.3. The third-order valence-electron chi connectivity index (χ3n) is 4.04. The van der Waals surface area contributed by atoms with Gasteiger partial charge in [0.2, 0.25) is 17.1 Å². The van der Waals surface area contributed by atoms with Crippen molar-refractivity contribution < 1.29 is 19.4 Å². The van der Waals surface area contributed by atoms with Crippen LogP contribution in [-0.4, -0.2) is 47.2 Å². The second-order valence-corrected chi connectivity index (χ2v) is 7.29. The quantitative estimate of drug-likeness (QED) is 0.687. The summed E-state index contributed by atoms with van der Waals surface area (Å²) in [6, 6.07) is 9.99. The van der Waals surface area contributed by atoms with E-state index in [9.17, 15) is 9.90 Å². The summed E-state index contributed by atoms with van der Waals surface area (Å²) < 4.78 is 11.3. The fourth-order valence-electron chi connectivity index (χ4n) is 2.90. The summed E-state index contributed by atoms with van der Waals surface area (Å²) in [7, 11) is 1.92. The lowest BCUT2D eigenvalue weighted by Gasteiger charge is -2.41. The van der Waals surface area contributed by atoms with Crippen LogP contribution in [0, 0.1) is 0 Å². The Labute approximate surface area is 155 Å². The van der Waals surface area contributed by atoms with E-state index in [2.05, 4.69) is 6.58 Å². The molecule has 142 valence electrons. The van der Waals surface area contributed by atoms with Crippen LogP contribution < -0.4 is 0 Å². The van der Waals surface area contributed by atoms with Crippen LogP contribution in [0.15, 0.2) is 54.0 Å². The first-order valence-corrected chi connectivity index (χ1v) is 8.92. The van der Waals surface area contributed by atoms with E-state index in [-0.39, 0.29) is 23.7 Å². The van der Waals surface area contributed by atoms with Gasteiger partial charge in [0.15, 0.2) is 5.76 Å². The zero-order valence-electron chi connectivity index (χ0n) is 16.3. The minimum absolute atomic E-state index is 0.100. The molecule has 5 nitrogen and oxygen atoms in total. The molecule has 5 heteroatoms. The maximum Gasteiger partial charge on any atom is 0.244 e. The highest BCUT2D eigenvalue weighted by molar-refractivity contribution is 6.12. The van der Waals surface area contributed by atoms with E-state index in [1.807, 2.05) is 70.0 Å². The Morgan fingerprint density at radius 1 is 1.15 bits per heavy atom. The van der Waals surface area contributed by atoms with E-state index in [1.54, 1.807) is 0 Å². The van der Waals surface area contributed by atoms with Crippen molar-refractivity contribution in [2.45, 2.75) is 52.0 Å². The van der Waals surface area contributed by atoms with E-state index in [0.717, 1.165) is 5.56 Å². The van der Waals surface area contributed by atoms with Crippen molar-refractivity contribution in [1.29, 1.82) is 0 Å². The first-order chi connectivity index (χ1) is 12.2. The minimum Gasteiger partial charge on any atom is -0.487 e. The topological polar surface area (TPSA) is 59.0 Å². The number of likely N-dealkylation sites (N-methyl/N-ethyl adjacent to an activating group) is 1. The molecule has 0 radical (unpaired) electrons. The number of carbonyl (C=O) groups is 1. The number of Topliss-reactive ketones (excluding diaryl/α,β-unsaturated/α-hetero) is 1. The molecule has 0 spiro atoms. The van der Waals surface area contributed by atoms with Gasteiger partial charge in [-0.2, -0.15) is 0 Å². The Balaban J connectivity index is 2.15. The first kappa shape index (κ1) is 20.2. The van der Waals surface area contributed by atoms with Gasteiger partial charge in [-0.15, -0.1) is 0 Å². The van der Waals surface area contributed by atoms with Crippen LogP contribution in [0.3, 0.4) is 0 Å². The molecule has 1 aliphatic rings. The van der Waals surface area contributed by atoms with Gasteiger partial charge in [-0.05, 0) is 45.9 Å². The van der Waals surface area contributed by atoms with Gasteiger partial charge in [0.1, 0.15) is 0 Å². The third kappa shape index (κ3) is 4.17. The largest absolute Gasteiger partial charge is 0.487 e. The van der Waals surface area contributed by atoms with Gasteiger partial charge in [0.05, 0.1) is 12.2 Å². The van der Waals surface area contributed by atoms with Crippen LogP contribution in [0.4, 0.5) is 0 Å². The summed E-state index contributed by atoms with van der Waals surface area (Å²) in [5.41, 5.74) is -0.292. The lowest BCUT2D eigenvalue weighted by atomic mass is 9.77. The van der Waals surface area contributed by atoms with Gasteiger partial charge in [0.25, 0.3) is 0 Å². The van der Waals surface area contributed by atoms with Crippen LogP contribution in [0.5, 0.6) is 0 Å². The Bertz CT molecular complexity index is 693. The van der Waals surface area contributed by atoms with Crippen molar-refractivity contribution in [1.82, 2.24) is 4.90 Å². The Kier molecular flexibility index (Phi) is 6.26. The van der Waals surface area contributed by atoms with Gasteiger partial charge in [-0.3, -0.25) is 9.69 Å². The number of rotatable bonds is 9. The molecule has 1 atom stereocenters. The number of hydrogen-bond donors (Lipinski definition) is 1. The molecule has 0 amide bonds. The molecular weight excluding hydrogens is 330 g/mol. The molecule has 0 bridgehead atoms. The van der Waals surface area contributed by atoms with E-state index in [0.29, 0.717) is 18.7 Å². The summed E-state index contributed by atoms with van der Waals surface area (Å²) in [5.74, 6) is -0.215. The molecule has 1 unspecified atom stereocenters. The van der Waals surface area contributed by atoms with Crippen LogP contribution >= 0.6 is 0 Å². The third-order valence-corrected chi connectivity index (χ3v) is 4.04. The number of benzene rings is 1. The normalized spacial score (nSPS) is 20.0. The van der Waals surface area contributed by atoms with Gasteiger partial charge in [-0.1, -0.05) is 36.9 Å². The maximum absolute atomic E-state index is 12.6. The van der Waals surface area contributed by atoms with Crippen molar-refractivity contribution >= 4 is 5.78 Å². The molecule has 0 aromatic heterocycles. The van der Waals surface area contributed by atoms with Crippen molar-refractivity contribution in [2.24, 2.45) is 0 Å². The van der Waals surface area contributed by atoms with Crippen molar-refractivity contribution in [3.8, 4) is 0 Å². The molecule has 0 aliphatic heterocycles. The molecule has 1 aromatic carbocycles. The highest BCUT2D eigenvalue weighted by Gasteiger charge is 2.58. The summed E-state index contributed by atoms with van der Waals surface area (Å²) in [4.78, 5) is 14.6. The van der Waals surface area contributed by atoms with Crippen LogP contribution in [0.1, 0.15) is 33.3 Å². The average Bonchev–Trinajstić information content (AvgIpc) is 2.57. The number of carbonyl (C=O) groups excluding carboxylic acids is 1. The monoisotopic (exact) mass is 359 g/mol. The minimum atomic E-state index is -1.82. The van der Waals surface area contributed by atoms with Crippen molar-refractivity contribution in [3.63, 3.8) is 0 Å². The average molecular weight is 359 g/mol. The highest BCUT2D eigenvalue weighted by atomic mass is 16.6. The van der Waals surface area contributed by atoms with Gasteiger partial charge in [0, 0.05) is 13.1 Å². The van der Waals surface area contributed by atoms with Crippen LogP contribution in [0.2, 0.25) is 0 Å². The Morgan fingerprint density at radius 2 is 1.73 bits per heavy atom. The molecule has 1 aliphatic carbocycles. The zero-order chi connectivity index (χ0) is 19.5. The number of ether oxygens (including phenoxy) is 2. The molecule has 0 saturated heterocycles. The summed E-state index contributed by atoms with van der Waals surface area (Å²) in [6.07, 6.45) is -0.372. The van der Waals surface area contributed by atoms with Crippen LogP contribution in [-0.2, 0) is 20.8 Å². The summed E-state index contributed by atoms with van der Waals surface area (Å²) in [5, 5.41) is 11.0. The number of hydrogen-bond acceptors (Lipinski definition) is 5. The first-order valence-electron chi connectivity index (χ1n) is 8.92. The van der Waals surface area contributed by atoms with E-state index in [4.69, 9.17) is 9.47 Å². The Hall–Kier alpha value is -2.11. The molecule has 0 fully saturated rings. The van der Waals surface area contributed by atoms with Gasteiger partial charge < -0.3 is 14.6 Å². The maximum atomic E-state index is 12.6. The molecule has 0 heterocycles.